The van der Waals surface area contributed by atoms with Crippen molar-refractivity contribution in [2.75, 3.05) is 13.6 Å². The number of hydrogen-bond acceptors (Lipinski definition) is 3. The van der Waals surface area contributed by atoms with Gasteiger partial charge in [0.1, 0.15) is 0 Å². The molecule has 1 atom stereocenters. The van der Waals surface area contributed by atoms with E-state index in [1.165, 1.54) is 0 Å². The van der Waals surface area contributed by atoms with E-state index in [-0.39, 0.29) is 5.91 Å². The number of nitrogens with one attached hydrogen (secondary N) is 2. The summed E-state index contributed by atoms with van der Waals surface area (Å²) in [5, 5.41) is 2.87. The number of amides is 1. The molecule has 0 aromatic carbocycles. The van der Waals surface area contributed by atoms with Gasteiger partial charge in [-0.1, -0.05) is 27.7 Å². The molecule has 0 radical (unpaired) electrons. The van der Waals surface area contributed by atoms with Gasteiger partial charge in [-0.05, 0) is 18.3 Å². The zero-order valence-electron chi connectivity index (χ0n) is 10.5. The maximum atomic E-state index is 11.7. The normalized spacial score (nSPS) is 13.3. The highest BCUT2D eigenvalue weighted by Gasteiger charge is 2.20. The van der Waals surface area contributed by atoms with Crippen LogP contribution >= 0.6 is 0 Å². The molecule has 0 aliphatic carbocycles. The van der Waals surface area contributed by atoms with Gasteiger partial charge in [-0.2, -0.15) is 0 Å². The van der Waals surface area contributed by atoms with Gasteiger partial charge in [-0.3, -0.25) is 9.63 Å². The Balaban J connectivity index is 4.04. The molecule has 0 aromatic heterocycles. The molecule has 0 saturated carbocycles. The van der Waals surface area contributed by atoms with E-state index in [4.69, 9.17) is 4.84 Å². The minimum Gasteiger partial charge on any atom is -0.354 e. The lowest BCUT2D eigenvalue weighted by atomic mass is 10.1. The highest BCUT2D eigenvalue weighted by Crippen LogP contribution is 2.07. The Bertz CT molecular complexity index is 181. The zero-order chi connectivity index (χ0) is 11.8. The molecule has 0 rings (SSSR count). The molecule has 4 heteroatoms. The maximum Gasteiger partial charge on any atom is 0.251 e. The number of carbonyl (C=O) groups excluding carboxylic acids is 1. The van der Waals surface area contributed by atoms with E-state index >= 15 is 0 Å². The molecule has 0 aliphatic rings. The van der Waals surface area contributed by atoms with Crippen LogP contribution in [0.3, 0.4) is 0 Å². The summed E-state index contributed by atoms with van der Waals surface area (Å²) in [5.41, 5.74) is 2.58. The van der Waals surface area contributed by atoms with Gasteiger partial charge in [0.05, 0.1) is 0 Å². The summed E-state index contributed by atoms with van der Waals surface area (Å²) in [6.07, 6.45) is 0.332. The van der Waals surface area contributed by atoms with Crippen molar-refractivity contribution in [3.05, 3.63) is 0 Å². The van der Waals surface area contributed by atoms with Gasteiger partial charge < -0.3 is 5.32 Å². The van der Waals surface area contributed by atoms with Gasteiger partial charge >= 0.3 is 0 Å². The maximum absolute atomic E-state index is 11.7. The van der Waals surface area contributed by atoms with Crippen LogP contribution in [0.15, 0.2) is 0 Å². The lowest BCUT2D eigenvalue weighted by molar-refractivity contribution is -0.138. The topological polar surface area (TPSA) is 50.4 Å². The fourth-order valence-corrected chi connectivity index (χ4v) is 1.20. The highest BCUT2D eigenvalue weighted by molar-refractivity contribution is 5.80. The summed E-state index contributed by atoms with van der Waals surface area (Å²) in [4.78, 5) is 16.9. The first-order valence-electron chi connectivity index (χ1n) is 5.57. The minimum atomic E-state index is -0.395. The fourth-order valence-electron chi connectivity index (χ4n) is 1.20. The van der Waals surface area contributed by atoms with E-state index in [9.17, 15) is 4.79 Å². The van der Waals surface area contributed by atoms with Gasteiger partial charge in [-0.15, -0.1) is 0 Å². The van der Waals surface area contributed by atoms with E-state index in [1.54, 1.807) is 7.05 Å². The average molecular weight is 216 g/mol. The Labute approximate surface area is 92.7 Å². The molecule has 2 N–H and O–H groups in total. The lowest BCUT2D eigenvalue weighted by Gasteiger charge is -2.18. The Morgan fingerprint density at radius 3 is 2.20 bits per heavy atom. The first kappa shape index (κ1) is 14.4. The molecule has 90 valence electrons. The van der Waals surface area contributed by atoms with E-state index in [2.05, 4.69) is 38.5 Å². The van der Waals surface area contributed by atoms with Crippen LogP contribution in [0.25, 0.3) is 0 Å². The highest BCUT2D eigenvalue weighted by atomic mass is 16.7. The first-order valence-corrected chi connectivity index (χ1v) is 5.57. The van der Waals surface area contributed by atoms with Gasteiger partial charge in [0.25, 0.3) is 5.91 Å². The number of hydrogen-bond donors (Lipinski definition) is 2. The second-order valence-electron chi connectivity index (χ2n) is 4.58. The predicted octanol–water partition coefficient (Wildman–Crippen LogP) is 1.32. The number of rotatable bonds is 7. The van der Waals surface area contributed by atoms with Crippen LogP contribution in [0, 0.1) is 11.8 Å². The monoisotopic (exact) mass is 216 g/mol. The summed E-state index contributed by atoms with van der Waals surface area (Å²) >= 11 is 0. The van der Waals surface area contributed by atoms with Crippen LogP contribution in [0.5, 0.6) is 0 Å². The fraction of sp³-hybridized carbons (Fsp3) is 0.909. The molecule has 0 fully saturated rings. The van der Waals surface area contributed by atoms with Gasteiger partial charge in [-0.25, -0.2) is 5.48 Å². The average Bonchev–Trinajstić information content (AvgIpc) is 2.12. The molecule has 0 aliphatic heterocycles. The van der Waals surface area contributed by atoms with Crippen molar-refractivity contribution in [2.45, 2.75) is 40.2 Å². The Morgan fingerprint density at radius 1 is 1.20 bits per heavy atom. The zero-order valence-corrected chi connectivity index (χ0v) is 10.5. The van der Waals surface area contributed by atoms with Gasteiger partial charge in [0.15, 0.2) is 6.10 Å². The van der Waals surface area contributed by atoms with Crippen LogP contribution in [-0.2, 0) is 9.63 Å². The van der Waals surface area contributed by atoms with Crippen LogP contribution in [0.1, 0.15) is 34.1 Å². The lowest BCUT2D eigenvalue weighted by Crippen LogP contribution is -2.41. The van der Waals surface area contributed by atoms with Crippen LogP contribution in [-0.4, -0.2) is 25.6 Å². The molecule has 1 unspecified atom stereocenters. The summed E-state index contributed by atoms with van der Waals surface area (Å²) in [7, 11) is 1.67. The third kappa shape index (κ3) is 7.33. The standard InChI is InChI=1S/C11H24N2O2/c1-8(2)6-10(15-12-5)11(14)13-7-9(3)4/h8-10,12H,6-7H2,1-5H3,(H,13,14). The van der Waals surface area contributed by atoms with Crippen molar-refractivity contribution >= 4 is 5.91 Å². The van der Waals surface area contributed by atoms with Crippen molar-refractivity contribution in [3.8, 4) is 0 Å². The summed E-state index contributed by atoms with van der Waals surface area (Å²) in [5.74, 6) is 0.864. The summed E-state index contributed by atoms with van der Waals surface area (Å²) in [6, 6.07) is 0. The van der Waals surface area contributed by atoms with Gasteiger partial charge in [0.2, 0.25) is 0 Å². The van der Waals surface area contributed by atoms with Crippen LogP contribution < -0.4 is 10.8 Å². The van der Waals surface area contributed by atoms with E-state index in [0.29, 0.717) is 18.4 Å². The first-order chi connectivity index (χ1) is 6.97. The second-order valence-corrected chi connectivity index (χ2v) is 4.58. The molecule has 4 nitrogen and oxygen atoms in total. The SMILES string of the molecule is CNOC(CC(C)C)C(=O)NCC(C)C. The van der Waals surface area contributed by atoms with Crippen molar-refractivity contribution in [3.63, 3.8) is 0 Å². The molecule has 15 heavy (non-hydrogen) atoms. The van der Waals surface area contributed by atoms with Crippen molar-refractivity contribution < 1.29 is 9.63 Å². The molecule has 0 heterocycles. The van der Waals surface area contributed by atoms with E-state index in [1.807, 2.05) is 0 Å². The third-order valence-electron chi connectivity index (χ3n) is 1.92. The van der Waals surface area contributed by atoms with Crippen LogP contribution in [0.2, 0.25) is 0 Å². The molecule has 1 amide bonds. The molecular weight excluding hydrogens is 192 g/mol. The molecule has 0 saturated heterocycles. The molecule has 0 aromatic rings. The van der Waals surface area contributed by atoms with E-state index in [0.717, 1.165) is 6.42 Å². The molecule has 0 bridgehead atoms. The summed E-state index contributed by atoms with van der Waals surface area (Å²) in [6.45, 7) is 8.97. The Hall–Kier alpha value is -0.610. The second kappa shape index (κ2) is 7.65. The molecular formula is C11H24N2O2. The van der Waals surface area contributed by atoms with Crippen molar-refractivity contribution in [1.82, 2.24) is 10.8 Å². The quantitative estimate of drug-likeness (QED) is 0.631. The predicted molar refractivity (Wildman–Crippen MR) is 61.2 cm³/mol. The van der Waals surface area contributed by atoms with E-state index < -0.39 is 6.10 Å². The smallest absolute Gasteiger partial charge is 0.251 e. The Kier molecular flexibility index (Phi) is 7.34. The third-order valence-corrected chi connectivity index (χ3v) is 1.92. The van der Waals surface area contributed by atoms with Crippen molar-refractivity contribution in [1.29, 1.82) is 0 Å². The largest absolute Gasteiger partial charge is 0.354 e. The Morgan fingerprint density at radius 2 is 1.80 bits per heavy atom. The number of hydroxylamine groups is 1. The molecule has 0 spiro atoms. The number of carbonyl (C=O) groups is 1. The summed E-state index contributed by atoms with van der Waals surface area (Å²) < 4.78 is 0. The van der Waals surface area contributed by atoms with Gasteiger partial charge in [0, 0.05) is 13.6 Å². The minimum absolute atomic E-state index is 0.0354. The van der Waals surface area contributed by atoms with Crippen LogP contribution in [0.4, 0.5) is 0 Å². The van der Waals surface area contributed by atoms with Crippen molar-refractivity contribution in [2.24, 2.45) is 11.8 Å².